The Hall–Kier alpha value is -0.750. The van der Waals surface area contributed by atoms with Crippen molar-refractivity contribution in [3.05, 3.63) is 39.0 Å². The largest absolute Gasteiger partial charge is 0.271 e. The Morgan fingerprint density at radius 2 is 2.33 bits per heavy atom. The smallest absolute Gasteiger partial charge is 0.0940 e. The predicted molar refractivity (Wildman–Crippen MR) is 65.0 cm³/mol. The van der Waals surface area contributed by atoms with E-state index >= 15 is 0 Å². The van der Waals surface area contributed by atoms with Crippen molar-refractivity contribution in [3.63, 3.8) is 0 Å². The Labute approximate surface area is 96.9 Å². The van der Waals surface area contributed by atoms with Gasteiger partial charge in [-0.15, -0.1) is 11.3 Å². The molecular weight excluding hydrogens is 226 g/mol. The van der Waals surface area contributed by atoms with Crippen LogP contribution in [0.5, 0.6) is 0 Å². The van der Waals surface area contributed by atoms with E-state index in [1.807, 2.05) is 11.6 Å². The topological polar surface area (TPSA) is 50.9 Å². The van der Waals surface area contributed by atoms with Crippen molar-refractivity contribution in [1.82, 2.24) is 10.4 Å². The van der Waals surface area contributed by atoms with Gasteiger partial charge in [-0.05, 0) is 28.8 Å². The standard InChI is InChI=1S/C10H13N3S2/c11-13-9(5-8-1-3-14-7-8)6-10-12-2-4-15-10/h1-4,7,9,13H,5-6,11H2. The minimum Gasteiger partial charge on any atom is -0.271 e. The third-order valence-corrected chi connectivity index (χ3v) is 3.74. The van der Waals surface area contributed by atoms with Crippen LogP contribution < -0.4 is 11.3 Å². The molecule has 2 rings (SSSR count). The molecule has 5 heteroatoms. The summed E-state index contributed by atoms with van der Waals surface area (Å²) >= 11 is 3.39. The zero-order valence-electron chi connectivity index (χ0n) is 8.22. The van der Waals surface area contributed by atoms with Gasteiger partial charge in [0, 0.05) is 24.0 Å². The van der Waals surface area contributed by atoms with Crippen molar-refractivity contribution in [2.24, 2.45) is 5.84 Å². The van der Waals surface area contributed by atoms with E-state index in [9.17, 15) is 0 Å². The third kappa shape index (κ3) is 3.10. The monoisotopic (exact) mass is 239 g/mol. The molecule has 1 atom stereocenters. The van der Waals surface area contributed by atoms with E-state index in [-0.39, 0.29) is 6.04 Å². The van der Waals surface area contributed by atoms with Crippen LogP contribution in [0.25, 0.3) is 0 Å². The van der Waals surface area contributed by atoms with Crippen LogP contribution in [0.1, 0.15) is 10.6 Å². The molecule has 1 unspecified atom stereocenters. The fourth-order valence-electron chi connectivity index (χ4n) is 1.45. The summed E-state index contributed by atoms with van der Waals surface area (Å²) in [4.78, 5) is 4.26. The van der Waals surface area contributed by atoms with Gasteiger partial charge >= 0.3 is 0 Å². The van der Waals surface area contributed by atoms with Crippen molar-refractivity contribution in [1.29, 1.82) is 0 Å². The summed E-state index contributed by atoms with van der Waals surface area (Å²) in [5.41, 5.74) is 4.18. The van der Waals surface area contributed by atoms with Gasteiger partial charge in [0.2, 0.25) is 0 Å². The van der Waals surface area contributed by atoms with Gasteiger partial charge in [0.1, 0.15) is 0 Å². The average Bonchev–Trinajstić information content (AvgIpc) is 2.89. The molecule has 80 valence electrons. The maximum absolute atomic E-state index is 5.54. The molecular formula is C10H13N3S2. The quantitative estimate of drug-likeness (QED) is 0.618. The lowest BCUT2D eigenvalue weighted by Gasteiger charge is -2.13. The first-order valence-electron chi connectivity index (χ1n) is 4.74. The van der Waals surface area contributed by atoms with Gasteiger partial charge in [-0.2, -0.15) is 11.3 Å². The van der Waals surface area contributed by atoms with E-state index in [1.165, 1.54) is 5.56 Å². The van der Waals surface area contributed by atoms with E-state index in [0.29, 0.717) is 0 Å². The second-order valence-corrected chi connectivity index (χ2v) is 5.09. The lowest BCUT2D eigenvalue weighted by Crippen LogP contribution is -2.38. The van der Waals surface area contributed by atoms with Crippen LogP contribution in [0.3, 0.4) is 0 Å². The van der Waals surface area contributed by atoms with Crippen LogP contribution in [0.4, 0.5) is 0 Å². The van der Waals surface area contributed by atoms with E-state index in [4.69, 9.17) is 5.84 Å². The zero-order valence-corrected chi connectivity index (χ0v) is 9.85. The lowest BCUT2D eigenvalue weighted by molar-refractivity contribution is 0.522. The first-order valence-corrected chi connectivity index (χ1v) is 6.56. The van der Waals surface area contributed by atoms with Crippen LogP contribution in [-0.4, -0.2) is 11.0 Å². The third-order valence-electron chi connectivity index (χ3n) is 2.20. The highest BCUT2D eigenvalue weighted by molar-refractivity contribution is 7.09. The molecule has 0 aliphatic carbocycles. The highest BCUT2D eigenvalue weighted by atomic mass is 32.1. The normalized spacial score (nSPS) is 12.9. The summed E-state index contributed by atoms with van der Waals surface area (Å²) in [5, 5.41) is 7.37. The number of hydrogen-bond acceptors (Lipinski definition) is 5. The van der Waals surface area contributed by atoms with Gasteiger partial charge < -0.3 is 0 Å². The number of thiazole rings is 1. The predicted octanol–water partition coefficient (Wildman–Crippen LogP) is 1.82. The maximum Gasteiger partial charge on any atom is 0.0940 e. The number of hydrazine groups is 1. The maximum atomic E-state index is 5.54. The first kappa shape index (κ1) is 10.8. The van der Waals surface area contributed by atoms with Crippen molar-refractivity contribution in [2.75, 3.05) is 0 Å². The molecule has 0 aliphatic rings. The molecule has 3 N–H and O–H groups in total. The van der Waals surface area contributed by atoms with Crippen LogP contribution in [0, 0.1) is 0 Å². The molecule has 2 aromatic heterocycles. The number of aromatic nitrogens is 1. The number of thiophene rings is 1. The fourth-order valence-corrected chi connectivity index (χ4v) is 2.83. The first-order chi connectivity index (χ1) is 7.38. The Morgan fingerprint density at radius 3 is 2.93 bits per heavy atom. The van der Waals surface area contributed by atoms with Crippen molar-refractivity contribution >= 4 is 22.7 Å². The van der Waals surface area contributed by atoms with Gasteiger partial charge in [-0.3, -0.25) is 11.3 Å². The minimum absolute atomic E-state index is 0.269. The average molecular weight is 239 g/mol. The number of nitrogens with two attached hydrogens (primary N) is 1. The second-order valence-electron chi connectivity index (χ2n) is 3.33. The number of rotatable bonds is 5. The van der Waals surface area contributed by atoms with Crippen LogP contribution in [0.2, 0.25) is 0 Å². The Kier molecular flexibility index (Phi) is 3.85. The zero-order chi connectivity index (χ0) is 10.5. The van der Waals surface area contributed by atoms with E-state index in [0.717, 1.165) is 17.8 Å². The van der Waals surface area contributed by atoms with Gasteiger partial charge in [0.25, 0.3) is 0 Å². The van der Waals surface area contributed by atoms with Gasteiger partial charge in [-0.1, -0.05) is 0 Å². The molecule has 15 heavy (non-hydrogen) atoms. The van der Waals surface area contributed by atoms with Crippen LogP contribution >= 0.6 is 22.7 Å². The van der Waals surface area contributed by atoms with Crippen LogP contribution in [0.15, 0.2) is 28.4 Å². The Morgan fingerprint density at radius 1 is 1.40 bits per heavy atom. The van der Waals surface area contributed by atoms with Crippen LogP contribution in [-0.2, 0) is 12.8 Å². The highest BCUT2D eigenvalue weighted by Crippen LogP contribution is 2.12. The molecule has 2 heterocycles. The molecule has 3 nitrogen and oxygen atoms in total. The molecule has 0 spiro atoms. The molecule has 0 radical (unpaired) electrons. The SMILES string of the molecule is NNC(Cc1ccsc1)Cc1nccs1. The van der Waals surface area contributed by atoms with Crippen molar-refractivity contribution < 1.29 is 0 Å². The molecule has 0 saturated carbocycles. The summed E-state index contributed by atoms with van der Waals surface area (Å²) in [6.45, 7) is 0. The molecule has 0 bridgehead atoms. The Balaban J connectivity index is 1.93. The Bertz CT molecular complexity index is 333. The molecule has 0 fully saturated rings. The number of nitrogens with one attached hydrogen (secondary N) is 1. The van der Waals surface area contributed by atoms with E-state index < -0.39 is 0 Å². The highest BCUT2D eigenvalue weighted by Gasteiger charge is 2.10. The van der Waals surface area contributed by atoms with Crippen molar-refractivity contribution in [3.8, 4) is 0 Å². The van der Waals surface area contributed by atoms with Gasteiger partial charge in [0.15, 0.2) is 0 Å². The molecule has 0 aliphatic heterocycles. The number of hydrogen-bond donors (Lipinski definition) is 2. The van der Waals surface area contributed by atoms with Gasteiger partial charge in [-0.25, -0.2) is 4.98 Å². The molecule has 0 saturated heterocycles. The number of nitrogens with zero attached hydrogens (tertiary/aromatic N) is 1. The molecule has 0 amide bonds. The summed E-state index contributed by atoms with van der Waals surface area (Å²) < 4.78 is 0. The summed E-state index contributed by atoms with van der Waals surface area (Å²) in [6.07, 6.45) is 3.68. The van der Waals surface area contributed by atoms with E-state index in [1.54, 1.807) is 22.7 Å². The van der Waals surface area contributed by atoms with Gasteiger partial charge in [0.05, 0.1) is 5.01 Å². The minimum atomic E-state index is 0.269. The molecule has 0 aromatic carbocycles. The molecule has 2 aromatic rings. The fraction of sp³-hybridized carbons (Fsp3) is 0.300. The summed E-state index contributed by atoms with van der Waals surface area (Å²) in [7, 11) is 0. The second kappa shape index (κ2) is 5.37. The summed E-state index contributed by atoms with van der Waals surface area (Å²) in [5.74, 6) is 5.54. The van der Waals surface area contributed by atoms with E-state index in [2.05, 4.69) is 27.2 Å². The lowest BCUT2D eigenvalue weighted by atomic mass is 10.1. The van der Waals surface area contributed by atoms with Crippen molar-refractivity contribution in [2.45, 2.75) is 18.9 Å². The summed E-state index contributed by atoms with van der Waals surface area (Å²) in [6, 6.07) is 2.40.